The Balaban J connectivity index is 2.63. The smallest absolute Gasteiger partial charge is 0.0752 e. The first-order chi connectivity index (χ1) is 10.2. The van der Waals surface area contributed by atoms with Crippen molar-refractivity contribution in [2.24, 2.45) is 5.41 Å². The van der Waals surface area contributed by atoms with Crippen molar-refractivity contribution in [3.8, 4) is 5.69 Å². The number of aromatic carboxylic acids is 1. The Bertz CT molecular complexity index is 717. The van der Waals surface area contributed by atoms with E-state index in [1.165, 1.54) is 18.5 Å². The first-order valence-electron chi connectivity index (χ1n) is 6.81. The fraction of sp³-hybridized carbons (Fsp3) is 0.312. The van der Waals surface area contributed by atoms with Gasteiger partial charge >= 0.3 is 0 Å². The second-order valence-corrected chi connectivity index (χ2v) is 5.79. The normalized spacial score (nSPS) is 11.4. The van der Waals surface area contributed by atoms with Crippen LogP contribution >= 0.6 is 0 Å². The maximum atomic E-state index is 11.4. The van der Waals surface area contributed by atoms with Gasteiger partial charge in [0, 0.05) is 23.4 Å². The zero-order valence-corrected chi connectivity index (χ0v) is 12.6. The summed E-state index contributed by atoms with van der Waals surface area (Å²) in [7, 11) is 0. The monoisotopic (exact) mass is 300 g/mol. The van der Waals surface area contributed by atoms with Gasteiger partial charge in [0.1, 0.15) is 0 Å². The fourth-order valence-electron chi connectivity index (χ4n) is 2.28. The molecule has 6 nitrogen and oxygen atoms in total. The average Bonchev–Trinajstić information content (AvgIpc) is 2.75. The van der Waals surface area contributed by atoms with Gasteiger partial charge in [-0.05, 0) is 19.1 Å². The van der Waals surface area contributed by atoms with Crippen molar-refractivity contribution < 1.29 is 19.8 Å². The minimum atomic E-state index is -1.37. The molecule has 0 saturated heterocycles. The van der Waals surface area contributed by atoms with E-state index in [0.29, 0.717) is 5.69 Å². The molecule has 1 aromatic carbocycles. The van der Waals surface area contributed by atoms with E-state index in [9.17, 15) is 19.8 Å². The minimum absolute atomic E-state index is 0.0334. The third-order valence-electron chi connectivity index (χ3n) is 3.52. The molecule has 2 rings (SSSR count). The number of carboxylic acids is 2. The largest absolute Gasteiger partial charge is 0.550 e. The number of hydrogen-bond donors (Lipinski definition) is 0. The van der Waals surface area contributed by atoms with E-state index in [0.717, 1.165) is 0 Å². The molecule has 116 valence electrons. The number of carbonyl (C=O) groups is 2. The Morgan fingerprint density at radius 1 is 1.18 bits per heavy atom. The number of carboxylic acid groups (broad SMARTS) is 2. The van der Waals surface area contributed by atoms with Crippen LogP contribution in [0, 0.1) is 12.3 Å². The highest BCUT2D eigenvalue weighted by molar-refractivity contribution is 5.89. The second-order valence-electron chi connectivity index (χ2n) is 5.79. The van der Waals surface area contributed by atoms with Gasteiger partial charge in [0.15, 0.2) is 0 Å². The van der Waals surface area contributed by atoms with Crippen molar-refractivity contribution in [3.05, 3.63) is 47.3 Å². The van der Waals surface area contributed by atoms with Crippen molar-refractivity contribution in [2.45, 2.75) is 27.2 Å². The summed E-state index contributed by atoms with van der Waals surface area (Å²) in [4.78, 5) is 22.7. The summed E-state index contributed by atoms with van der Waals surface area (Å²) in [6, 6.07) is 8.93. The van der Waals surface area contributed by atoms with Crippen molar-refractivity contribution in [2.75, 3.05) is 0 Å². The Kier molecular flexibility index (Phi) is 4.03. The average molecular weight is 300 g/mol. The van der Waals surface area contributed by atoms with Crippen molar-refractivity contribution in [1.29, 1.82) is 0 Å². The Morgan fingerprint density at radius 3 is 2.27 bits per heavy atom. The molecule has 0 amide bonds. The molecule has 1 aromatic heterocycles. The molecular formula is C16H16N2O4-2. The van der Waals surface area contributed by atoms with Crippen LogP contribution in [0.15, 0.2) is 30.3 Å². The van der Waals surface area contributed by atoms with Gasteiger partial charge in [-0.25, -0.2) is 4.68 Å². The molecule has 0 spiro atoms. The molecule has 0 bridgehead atoms. The highest BCUT2D eigenvalue weighted by Gasteiger charge is 2.26. The van der Waals surface area contributed by atoms with Crippen LogP contribution < -0.4 is 10.2 Å². The van der Waals surface area contributed by atoms with Gasteiger partial charge in [0.05, 0.1) is 23.0 Å². The van der Waals surface area contributed by atoms with Gasteiger partial charge in [0.25, 0.3) is 0 Å². The number of aryl methyl sites for hydroxylation is 1. The van der Waals surface area contributed by atoms with E-state index in [-0.39, 0.29) is 23.4 Å². The van der Waals surface area contributed by atoms with E-state index in [1.807, 2.05) is 6.07 Å². The zero-order valence-electron chi connectivity index (χ0n) is 12.6. The molecule has 0 radical (unpaired) electrons. The summed E-state index contributed by atoms with van der Waals surface area (Å²) in [6.07, 6.45) is -0.0334. The molecule has 1 heterocycles. The molecule has 0 unspecified atom stereocenters. The quantitative estimate of drug-likeness (QED) is 0.765. The summed E-state index contributed by atoms with van der Waals surface area (Å²) < 4.78 is 1.45. The van der Waals surface area contributed by atoms with Crippen molar-refractivity contribution in [3.63, 3.8) is 0 Å². The third-order valence-corrected chi connectivity index (χ3v) is 3.52. The van der Waals surface area contributed by atoms with Gasteiger partial charge < -0.3 is 19.8 Å². The summed E-state index contributed by atoms with van der Waals surface area (Å²) in [5.74, 6) is -2.63. The topological polar surface area (TPSA) is 98.1 Å². The Morgan fingerprint density at radius 2 is 1.77 bits per heavy atom. The minimum Gasteiger partial charge on any atom is -0.550 e. The lowest BCUT2D eigenvalue weighted by Gasteiger charge is -2.26. The van der Waals surface area contributed by atoms with Gasteiger partial charge in [-0.2, -0.15) is 5.10 Å². The zero-order chi connectivity index (χ0) is 16.5. The van der Waals surface area contributed by atoms with E-state index in [2.05, 4.69) is 5.10 Å². The Labute approximate surface area is 128 Å². The van der Waals surface area contributed by atoms with Crippen LogP contribution in [0.1, 0.15) is 35.6 Å². The summed E-state index contributed by atoms with van der Waals surface area (Å²) >= 11 is 0. The molecule has 0 saturated carbocycles. The Hall–Kier alpha value is -2.63. The molecule has 22 heavy (non-hydrogen) atoms. The number of aliphatic carboxylic acids is 1. The first kappa shape index (κ1) is 15.8. The lowest BCUT2D eigenvalue weighted by Crippen LogP contribution is -2.40. The second kappa shape index (κ2) is 5.63. The van der Waals surface area contributed by atoms with Gasteiger partial charge in [0.2, 0.25) is 0 Å². The summed E-state index contributed by atoms with van der Waals surface area (Å²) in [5, 5.41) is 26.9. The molecule has 0 aliphatic heterocycles. The van der Waals surface area contributed by atoms with E-state index in [1.54, 1.807) is 31.2 Å². The third kappa shape index (κ3) is 2.86. The number of aromatic nitrogens is 2. The number of nitrogens with zero attached hydrogens (tertiary/aromatic N) is 2. The van der Waals surface area contributed by atoms with Crippen LogP contribution in [0.3, 0.4) is 0 Å². The van der Waals surface area contributed by atoms with Gasteiger partial charge in [-0.15, -0.1) is 0 Å². The van der Waals surface area contributed by atoms with Gasteiger partial charge in [-0.3, -0.25) is 0 Å². The predicted octanol–water partition coefficient (Wildman–Crippen LogP) is -0.137. The van der Waals surface area contributed by atoms with E-state index >= 15 is 0 Å². The van der Waals surface area contributed by atoms with Crippen LogP contribution in [0.5, 0.6) is 0 Å². The number of hydrogen-bond acceptors (Lipinski definition) is 5. The molecule has 6 heteroatoms. The highest BCUT2D eigenvalue weighted by atomic mass is 16.4. The van der Waals surface area contributed by atoms with Crippen LogP contribution in [-0.4, -0.2) is 21.7 Å². The number of para-hydroxylation sites is 1. The van der Waals surface area contributed by atoms with Crippen LogP contribution in [0.2, 0.25) is 0 Å². The molecule has 0 aliphatic rings. The van der Waals surface area contributed by atoms with E-state index in [4.69, 9.17) is 0 Å². The summed E-state index contributed by atoms with van der Waals surface area (Å²) in [5.41, 5.74) is -0.0743. The predicted molar refractivity (Wildman–Crippen MR) is 75.1 cm³/mol. The lowest BCUT2D eigenvalue weighted by atomic mass is 9.86. The molecule has 0 aliphatic carbocycles. The molecular weight excluding hydrogens is 284 g/mol. The van der Waals surface area contributed by atoms with Gasteiger partial charge in [-0.1, -0.05) is 32.0 Å². The van der Waals surface area contributed by atoms with Crippen LogP contribution in [-0.2, 0) is 11.2 Å². The van der Waals surface area contributed by atoms with Crippen molar-refractivity contribution in [1.82, 2.24) is 9.78 Å². The number of benzene rings is 1. The first-order valence-corrected chi connectivity index (χ1v) is 6.81. The fourth-order valence-corrected chi connectivity index (χ4v) is 2.28. The highest BCUT2D eigenvalue weighted by Crippen LogP contribution is 2.27. The lowest BCUT2D eigenvalue weighted by molar-refractivity contribution is -0.317. The molecule has 0 fully saturated rings. The number of carbonyl (C=O) groups excluding carboxylic acids is 2. The maximum absolute atomic E-state index is 11.4. The standard InChI is InChI=1S/C16H18N2O4/c1-10-13(14(19)20)12(9-16(2,3)15(21)22)18(17-10)11-7-5-4-6-8-11/h4-8H,9H2,1-3H3,(H,19,20)(H,21,22)/p-2. The molecule has 0 N–H and O–H groups in total. The van der Waals surface area contributed by atoms with Crippen molar-refractivity contribution >= 4 is 11.9 Å². The van der Waals surface area contributed by atoms with Crippen LogP contribution in [0.25, 0.3) is 5.69 Å². The number of rotatable bonds is 5. The van der Waals surface area contributed by atoms with Crippen LogP contribution in [0.4, 0.5) is 0 Å². The summed E-state index contributed by atoms with van der Waals surface area (Å²) in [6.45, 7) is 4.53. The maximum Gasteiger partial charge on any atom is 0.0752 e. The SMILES string of the molecule is Cc1nn(-c2ccccc2)c(CC(C)(C)C(=O)[O-])c1C(=O)[O-]. The molecule has 2 aromatic rings. The van der Waals surface area contributed by atoms with E-state index < -0.39 is 17.4 Å². The molecule has 0 atom stereocenters.